The molecule has 0 aliphatic carbocycles. The van der Waals surface area contributed by atoms with Crippen molar-refractivity contribution in [1.29, 1.82) is 0 Å². The number of halogens is 1. The van der Waals surface area contributed by atoms with E-state index >= 15 is 0 Å². The SMILES string of the molecule is CCC1(C(=O)Cc2ccc(OC)c(F)c2)CCNCC1. The molecule has 1 aliphatic rings. The fourth-order valence-electron chi connectivity index (χ4n) is 2.93. The van der Waals surface area contributed by atoms with Crippen molar-refractivity contribution in [3.05, 3.63) is 29.6 Å². The smallest absolute Gasteiger partial charge is 0.165 e. The Labute approximate surface area is 119 Å². The summed E-state index contributed by atoms with van der Waals surface area (Å²) >= 11 is 0. The van der Waals surface area contributed by atoms with Crippen LogP contribution in [0.4, 0.5) is 4.39 Å². The summed E-state index contributed by atoms with van der Waals surface area (Å²) in [5, 5.41) is 3.29. The summed E-state index contributed by atoms with van der Waals surface area (Å²) in [6, 6.07) is 4.75. The second kappa shape index (κ2) is 6.35. The number of hydrogen-bond donors (Lipinski definition) is 1. The number of piperidine rings is 1. The van der Waals surface area contributed by atoms with Gasteiger partial charge in [0.05, 0.1) is 7.11 Å². The number of ether oxygens (including phenoxy) is 1. The monoisotopic (exact) mass is 279 g/mol. The van der Waals surface area contributed by atoms with Crippen LogP contribution in [0.25, 0.3) is 0 Å². The van der Waals surface area contributed by atoms with Gasteiger partial charge < -0.3 is 10.1 Å². The molecule has 1 heterocycles. The quantitative estimate of drug-likeness (QED) is 0.900. The Morgan fingerprint density at radius 3 is 2.65 bits per heavy atom. The minimum atomic E-state index is -0.409. The molecule has 3 nitrogen and oxygen atoms in total. The van der Waals surface area contributed by atoms with Gasteiger partial charge in [-0.2, -0.15) is 0 Å². The van der Waals surface area contributed by atoms with E-state index in [0.29, 0.717) is 6.42 Å². The number of methoxy groups -OCH3 is 1. The summed E-state index contributed by atoms with van der Waals surface area (Å²) in [5.74, 6) is 0.0352. The van der Waals surface area contributed by atoms with E-state index in [0.717, 1.165) is 37.9 Å². The standard InChI is InChI=1S/C16H22FNO2/c1-3-16(6-8-18-9-7-16)15(19)11-12-4-5-14(20-2)13(17)10-12/h4-5,10,18H,3,6-9,11H2,1-2H3. The molecule has 0 amide bonds. The Hall–Kier alpha value is -1.42. The van der Waals surface area contributed by atoms with Gasteiger partial charge in [-0.1, -0.05) is 13.0 Å². The molecule has 2 rings (SSSR count). The van der Waals surface area contributed by atoms with E-state index in [9.17, 15) is 9.18 Å². The van der Waals surface area contributed by atoms with Crippen LogP contribution in [0.3, 0.4) is 0 Å². The average molecular weight is 279 g/mol. The molecule has 0 unspecified atom stereocenters. The molecule has 0 spiro atoms. The first-order valence-electron chi connectivity index (χ1n) is 7.18. The predicted molar refractivity (Wildman–Crippen MR) is 76.5 cm³/mol. The Morgan fingerprint density at radius 1 is 1.40 bits per heavy atom. The minimum absolute atomic E-state index is 0.216. The zero-order chi connectivity index (χ0) is 14.6. The highest BCUT2D eigenvalue weighted by atomic mass is 19.1. The first-order valence-corrected chi connectivity index (χ1v) is 7.18. The van der Waals surface area contributed by atoms with E-state index in [4.69, 9.17) is 4.74 Å². The van der Waals surface area contributed by atoms with Gasteiger partial charge in [0.25, 0.3) is 0 Å². The van der Waals surface area contributed by atoms with E-state index in [1.165, 1.54) is 13.2 Å². The molecule has 20 heavy (non-hydrogen) atoms. The topological polar surface area (TPSA) is 38.3 Å². The highest BCUT2D eigenvalue weighted by molar-refractivity contribution is 5.87. The summed E-state index contributed by atoms with van der Waals surface area (Å²) in [4.78, 5) is 12.6. The molecule has 1 N–H and O–H groups in total. The number of rotatable bonds is 5. The van der Waals surface area contributed by atoms with Gasteiger partial charge in [-0.25, -0.2) is 4.39 Å². The molecule has 1 saturated heterocycles. The molecule has 0 saturated carbocycles. The van der Waals surface area contributed by atoms with Crippen LogP contribution in [0, 0.1) is 11.2 Å². The van der Waals surface area contributed by atoms with E-state index in [1.54, 1.807) is 12.1 Å². The number of carbonyl (C=O) groups is 1. The maximum absolute atomic E-state index is 13.7. The highest BCUT2D eigenvalue weighted by Crippen LogP contribution is 2.35. The third-order valence-electron chi connectivity index (χ3n) is 4.41. The van der Waals surface area contributed by atoms with E-state index in [-0.39, 0.29) is 16.9 Å². The first kappa shape index (κ1) is 15.0. The summed E-state index contributed by atoms with van der Waals surface area (Å²) in [5.41, 5.74) is 0.487. The van der Waals surface area contributed by atoms with Crippen molar-refractivity contribution in [3.8, 4) is 5.75 Å². The highest BCUT2D eigenvalue weighted by Gasteiger charge is 2.37. The van der Waals surface area contributed by atoms with Crippen molar-refractivity contribution in [3.63, 3.8) is 0 Å². The van der Waals surface area contributed by atoms with Gasteiger partial charge in [-0.15, -0.1) is 0 Å². The molecule has 1 aromatic carbocycles. The molecule has 0 radical (unpaired) electrons. The van der Waals surface area contributed by atoms with Crippen LogP contribution < -0.4 is 10.1 Å². The van der Waals surface area contributed by atoms with Crippen LogP contribution in [0.5, 0.6) is 5.75 Å². The molecule has 1 aromatic rings. The number of carbonyl (C=O) groups excluding carboxylic acids is 1. The second-order valence-corrected chi connectivity index (χ2v) is 5.45. The van der Waals surface area contributed by atoms with Crippen LogP contribution in [-0.2, 0) is 11.2 Å². The Balaban J connectivity index is 2.12. The van der Waals surface area contributed by atoms with Crippen LogP contribution in [-0.4, -0.2) is 26.0 Å². The summed E-state index contributed by atoms with van der Waals surface area (Å²) in [7, 11) is 1.43. The lowest BCUT2D eigenvalue weighted by molar-refractivity contribution is -0.129. The maximum Gasteiger partial charge on any atom is 0.165 e. The molecular weight excluding hydrogens is 257 g/mol. The maximum atomic E-state index is 13.7. The van der Waals surface area contributed by atoms with Crippen LogP contribution in [0.1, 0.15) is 31.7 Å². The van der Waals surface area contributed by atoms with Gasteiger partial charge in [0.1, 0.15) is 5.78 Å². The number of hydrogen-bond acceptors (Lipinski definition) is 3. The van der Waals surface area contributed by atoms with Crippen LogP contribution >= 0.6 is 0 Å². The molecule has 1 fully saturated rings. The number of ketones is 1. The minimum Gasteiger partial charge on any atom is -0.494 e. The van der Waals surface area contributed by atoms with Gasteiger partial charge in [-0.05, 0) is 50.0 Å². The van der Waals surface area contributed by atoms with Crippen molar-refractivity contribution in [2.75, 3.05) is 20.2 Å². The van der Waals surface area contributed by atoms with Crippen molar-refractivity contribution in [2.45, 2.75) is 32.6 Å². The lowest BCUT2D eigenvalue weighted by Gasteiger charge is -2.35. The largest absolute Gasteiger partial charge is 0.494 e. The van der Waals surface area contributed by atoms with Gasteiger partial charge in [0, 0.05) is 11.8 Å². The normalized spacial score (nSPS) is 17.8. The molecule has 0 atom stereocenters. The molecule has 0 aromatic heterocycles. The fraction of sp³-hybridized carbons (Fsp3) is 0.562. The zero-order valence-corrected chi connectivity index (χ0v) is 12.2. The molecule has 110 valence electrons. The van der Waals surface area contributed by atoms with E-state index < -0.39 is 5.82 Å². The van der Waals surface area contributed by atoms with Crippen molar-refractivity contribution >= 4 is 5.78 Å². The van der Waals surface area contributed by atoms with E-state index in [2.05, 4.69) is 12.2 Å². The molecular formula is C16H22FNO2. The summed E-state index contributed by atoms with van der Waals surface area (Å²) in [6.07, 6.45) is 2.91. The van der Waals surface area contributed by atoms with Crippen molar-refractivity contribution in [1.82, 2.24) is 5.32 Å². The third-order valence-corrected chi connectivity index (χ3v) is 4.41. The third kappa shape index (κ3) is 3.01. The average Bonchev–Trinajstić information content (AvgIpc) is 2.48. The number of nitrogens with one attached hydrogen (secondary N) is 1. The first-order chi connectivity index (χ1) is 9.61. The Kier molecular flexibility index (Phi) is 4.76. The second-order valence-electron chi connectivity index (χ2n) is 5.45. The zero-order valence-electron chi connectivity index (χ0n) is 12.2. The van der Waals surface area contributed by atoms with Crippen molar-refractivity contribution < 1.29 is 13.9 Å². The predicted octanol–water partition coefficient (Wildman–Crippen LogP) is 2.73. The van der Waals surface area contributed by atoms with Gasteiger partial charge >= 0.3 is 0 Å². The van der Waals surface area contributed by atoms with E-state index in [1.807, 2.05) is 0 Å². The number of benzene rings is 1. The molecule has 1 aliphatic heterocycles. The van der Waals surface area contributed by atoms with Crippen molar-refractivity contribution in [2.24, 2.45) is 5.41 Å². The lowest BCUT2D eigenvalue weighted by atomic mass is 9.72. The molecule has 4 heteroatoms. The van der Waals surface area contributed by atoms with Gasteiger partial charge in [0.15, 0.2) is 11.6 Å². The van der Waals surface area contributed by atoms with Crippen LogP contribution in [0.15, 0.2) is 18.2 Å². The summed E-state index contributed by atoms with van der Waals surface area (Å²) in [6.45, 7) is 3.84. The van der Waals surface area contributed by atoms with Gasteiger partial charge in [-0.3, -0.25) is 4.79 Å². The molecule has 0 bridgehead atoms. The fourth-order valence-corrected chi connectivity index (χ4v) is 2.93. The lowest BCUT2D eigenvalue weighted by Crippen LogP contribution is -2.42. The van der Waals surface area contributed by atoms with Gasteiger partial charge in [0.2, 0.25) is 0 Å². The number of Topliss-reactive ketones (excluding diaryl/α,β-unsaturated/α-hetero) is 1. The van der Waals surface area contributed by atoms with Crippen LogP contribution in [0.2, 0.25) is 0 Å². The summed E-state index contributed by atoms with van der Waals surface area (Å²) < 4.78 is 18.6. The Bertz CT molecular complexity index is 481. The Morgan fingerprint density at radius 2 is 2.10 bits per heavy atom.